The predicted octanol–water partition coefficient (Wildman–Crippen LogP) is 2.70. The van der Waals surface area contributed by atoms with Crippen molar-refractivity contribution in [2.45, 2.75) is 0 Å². The second-order valence-electron chi connectivity index (χ2n) is 3.95. The van der Waals surface area contributed by atoms with Crippen LogP contribution in [0.5, 0.6) is 0 Å². The number of nitrogens with two attached hydrogens (primary N) is 1. The van der Waals surface area contributed by atoms with E-state index < -0.39 is 0 Å². The van der Waals surface area contributed by atoms with E-state index in [1.54, 1.807) is 14.1 Å². The van der Waals surface area contributed by atoms with Gasteiger partial charge < -0.3 is 10.6 Å². The Labute approximate surface area is 104 Å². The molecule has 0 aliphatic rings. The Morgan fingerprint density at radius 3 is 2.47 bits per heavy atom. The molecule has 0 spiro atoms. The molecule has 1 aromatic heterocycles. The molecule has 0 saturated heterocycles. The van der Waals surface area contributed by atoms with Crippen LogP contribution in [0.25, 0.3) is 10.4 Å². The van der Waals surface area contributed by atoms with Gasteiger partial charge in [-0.25, -0.2) is 0 Å². The molecule has 0 aliphatic carbocycles. The highest BCUT2D eigenvalue weighted by atomic mass is 32.1. The van der Waals surface area contributed by atoms with Gasteiger partial charge in [0.05, 0.1) is 10.6 Å². The molecule has 3 nitrogen and oxygen atoms in total. The Balaban J connectivity index is 2.41. The van der Waals surface area contributed by atoms with Crippen LogP contribution in [-0.4, -0.2) is 24.9 Å². The van der Waals surface area contributed by atoms with Crippen LogP contribution in [0.2, 0.25) is 0 Å². The monoisotopic (exact) mass is 246 g/mol. The zero-order valence-electron chi connectivity index (χ0n) is 9.81. The Bertz CT molecular complexity index is 532. The van der Waals surface area contributed by atoms with E-state index in [9.17, 15) is 4.79 Å². The summed E-state index contributed by atoms with van der Waals surface area (Å²) in [5.74, 6) is -0.0547. The van der Waals surface area contributed by atoms with Crippen molar-refractivity contribution < 1.29 is 4.79 Å². The lowest BCUT2D eigenvalue weighted by Gasteiger charge is -2.08. The Hall–Kier alpha value is -1.81. The predicted molar refractivity (Wildman–Crippen MR) is 72.2 cm³/mol. The quantitative estimate of drug-likeness (QED) is 0.885. The van der Waals surface area contributed by atoms with E-state index >= 15 is 0 Å². The topological polar surface area (TPSA) is 46.3 Å². The largest absolute Gasteiger partial charge is 0.390 e. The Morgan fingerprint density at radius 1 is 1.24 bits per heavy atom. The number of hydrogen-bond acceptors (Lipinski definition) is 3. The summed E-state index contributed by atoms with van der Waals surface area (Å²) in [4.78, 5) is 14.4. The van der Waals surface area contributed by atoms with Crippen molar-refractivity contribution in [1.29, 1.82) is 0 Å². The third-order valence-corrected chi connectivity index (χ3v) is 3.47. The van der Waals surface area contributed by atoms with E-state index in [0.717, 1.165) is 10.4 Å². The highest BCUT2D eigenvalue weighted by Crippen LogP contribution is 2.33. The summed E-state index contributed by atoms with van der Waals surface area (Å²) >= 11 is 1.44. The summed E-state index contributed by atoms with van der Waals surface area (Å²) in [6.45, 7) is 0. The van der Waals surface area contributed by atoms with Crippen LogP contribution < -0.4 is 5.73 Å². The molecule has 88 valence electrons. The highest BCUT2D eigenvalue weighted by molar-refractivity contribution is 7.19. The summed E-state index contributed by atoms with van der Waals surface area (Å²) in [6.07, 6.45) is 0. The minimum atomic E-state index is -0.0547. The maximum absolute atomic E-state index is 11.9. The number of thiophene rings is 1. The van der Waals surface area contributed by atoms with Crippen molar-refractivity contribution in [2.24, 2.45) is 0 Å². The molecule has 2 rings (SSSR count). The molecular formula is C13H14N2OS. The number of rotatable bonds is 2. The van der Waals surface area contributed by atoms with Crippen LogP contribution in [0, 0.1) is 0 Å². The van der Waals surface area contributed by atoms with Crippen molar-refractivity contribution in [1.82, 2.24) is 4.90 Å². The van der Waals surface area contributed by atoms with Crippen LogP contribution >= 0.6 is 11.3 Å². The fourth-order valence-electron chi connectivity index (χ4n) is 1.56. The fourth-order valence-corrected chi connectivity index (χ4v) is 2.48. The first-order valence-electron chi connectivity index (χ1n) is 5.26. The van der Waals surface area contributed by atoms with Gasteiger partial charge in [-0.2, -0.15) is 0 Å². The third kappa shape index (κ3) is 2.31. The highest BCUT2D eigenvalue weighted by Gasteiger charge is 2.16. The number of nitrogen functional groups attached to an aromatic ring is 1. The molecule has 0 radical (unpaired) electrons. The molecule has 1 aromatic carbocycles. The minimum absolute atomic E-state index is 0.0547. The minimum Gasteiger partial charge on any atom is -0.390 e. The van der Waals surface area contributed by atoms with Crippen molar-refractivity contribution in [3.05, 3.63) is 42.0 Å². The standard InChI is InChI=1S/C13H14N2OS/c1-15(2)13(16)10-8-11(17-12(10)14)9-6-4-3-5-7-9/h3-8H,14H2,1-2H3. The molecular weight excluding hydrogens is 232 g/mol. The van der Waals surface area contributed by atoms with Gasteiger partial charge in [0.2, 0.25) is 0 Å². The van der Waals surface area contributed by atoms with Gasteiger partial charge >= 0.3 is 0 Å². The number of carbonyl (C=O) groups is 1. The number of hydrogen-bond donors (Lipinski definition) is 1. The lowest BCUT2D eigenvalue weighted by molar-refractivity contribution is 0.0829. The molecule has 2 N–H and O–H groups in total. The van der Waals surface area contributed by atoms with E-state index in [2.05, 4.69) is 0 Å². The van der Waals surface area contributed by atoms with Gasteiger partial charge in [0.1, 0.15) is 0 Å². The maximum atomic E-state index is 11.9. The first-order valence-corrected chi connectivity index (χ1v) is 6.07. The molecule has 0 unspecified atom stereocenters. The lowest BCUT2D eigenvalue weighted by Crippen LogP contribution is -2.21. The number of nitrogens with zero attached hydrogens (tertiary/aromatic N) is 1. The summed E-state index contributed by atoms with van der Waals surface area (Å²) in [5, 5.41) is 0.572. The van der Waals surface area contributed by atoms with Crippen molar-refractivity contribution in [3.8, 4) is 10.4 Å². The molecule has 1 amide bonds. The third-order valence-electron chi connectivity index (χ3n) is 2.46. The lowest BCUT2D eigenvalue weighted by atomic mass is 10.1. The smallest absolute Gasteiger partial charge is 0.256 e. The van der Waals surface area contributed by atoms with E-state index in [4.69, 9.17) is 5.73 Å². The molecule has 2 aromatic rings. The average Bonchev–Trinajstić information content (AvgIpc) is 2.71. The fraction of sp³-hybridized carbons (Fsp3) is 0.154. The van der Waals surface area contributed by atoms with Gasteiger partial charge in [-0.05, 0) is 11.6 Å². The second-order valence-corrected chi connectivity index (χ2v) is 5.04. The van der Waals surface area contributed by atoms with E-state index in [1.807, 2.05) is 36.4 Å². The number of amides is 1. The summed E-state index contributed by atoms with van der Waals surface area (Å²) < 4.78 is 0. The van der Waals surface area contributed by atoms with Gasteiger partial charge in [0.15, 0.2) is 0 Å². The first kappa shape index (κ1) is 11.7. The van der Waals surface area contributed by atoms with Crippen LogP contribution in [0.15, 0.2) is 36.4 Å². The van der Waals surface area contributed by atoms with Crippen LogP contribution in [0.4, 0.5) is 5.00 Å². The van der Waals surface area contributed by atoms with Gasteiger partial charge in [-0.1, -0.05) is 30.3 Å². The van der Waals surface area contributed by atoms with Crippen LogP contribution in [-0.2, 0) is 0 Å². The zero-order chi connectivity index (χ0) is 12.4. The van der Waals surface area contributed by atoms with Crippen molar-refractivity contribution in [2.75, 3.05) is 19.8 Å². The van der Waals surface area contributed by atoms with E-state index in [1.165, 1.54) is 16.2 Å². The average molecular weight is 246 g/mol. The normalized spacial score (nSPS) is 10.2. The van der Waals surface area contributed by atoms with Gasteiger partial charge in [0, 0.05) is 19.0 Å². The van der Waals surface area contributed by atoms with E-state index in [-0.39, 0.29) is 5.91 Å². The number of anilines is 1. The number of carbonyl (C=O) groups excluding carboxylic acids is 1. The molecule has 17 heavy (non-hydrogen) atoms. The van der Waals surface area contributed by atoms with Gasteiger partial charge in [0.25, 0.3) is 5.91 Å². The second kappa shape index (κ2) is 4.59. The van der Waals surface area contributed by atoms with E-state index in [0.29, 0.717) is 10.6 Å². The zero-order valence-corrected chi connectivity index (χ0v) is 10.6. The molecule has 0 fully saturated rings. The number of benzene rings is 1. The molecule has 0 aliphatic heterocycles. The summed E-state index contributed by atoms with van der Waals surface area (Å²) in [6, 6.07) is 11.8. The van der Waals surface area contributed by atoms with Gasteiger partial charge in [-0.3, -0.25) is 4.79 Å². The molecule has 0 saturated carbocycles. The van der Waals surface area contributed by atoms with Crippen LogP contribution in [0.1, 0.15) is 10.4 Å². The molecule has 1 heterocycles. The van der Waals surface area contributed by atoms with Crippen molar-refractivity contribution >= 4 is 22.2 Å². The SMILES string of the molecule is CN(C)C(=O)c1cc(-c2ccccc2)sc1N. The maximum Gasteiger partial charge on any atom is 0.256 e. The molecule has 0 atom stereocenters. The summed E-state index contributed by atoms with van der Waals surface area (Å²) in [7, 11) is 3.45. The first-order chi connectivity index (χ1) is 8.09. The molecule has 0 bridgehead atoms. The summed E-state index contributed by atoms with van der Waals surface area (Å²) in [5.41, 5.74) is 7.56. The Morgan fingerprint density at radius 2 is 1.88 bits per heavy atom. The molecule has 4 heteroatoms. The Kier molecular flexibility index (Phi) is 3.15. The van der Waals surface area contributed by atoms with Gasteiger partial charge in [-0.15, -0.1) is 11.3 Å². The van der Waals surface area contributed by atoms with Crippen molar-refractivity contribution in [3.63, 3.8) is 0 Å². The van der Waals surface area contributed by atoms with Crippen LogP contribution in [0.3, 0.4) is 0 Å².